The van der Waals surface area contributed by atoms with Crippen LogP contribution in [0.25, 0.3) is 0 Å². The van der Waals surface area contributed by atoms with Crippen LogP contribution in [0.4, 0.5) is 11.5 Å². The van der Waals surface area contributed by atoms with Crippen molar-refractivity contribution in [2.45, 2.75) is 13.5 Å². The van der Waals surface area contributed by atoms with E-state index < -0.39 is 4.92 Å². The van der Waals surface area contributed by atoms with Gasteiger partial charge in [-0.15, -0.1) is 0 Å². The Kier molecular flexibility index (Phi) is 6.15. The molecule has 138 valence electrons. The summed E-state index contributed by atoms with van der Waals surface area (Å²) < 4.78 is 5.44. The maximum atomic E-state index is 10.7. The van der Waals surface area contributed by atoms with Gasteiger partial charge in [-0.2, -0.15) is 0 Å². The van der Waals surface area contributed by atoms with Gasteiger partial charge in [-0.1, -0.05) is 11.6 Å². The first-order valence-corrected chi connectivity index (χ1v) is 7.76. The Morgan fingerprint density at radius 1 is 1.50 bits per heavy atom. The maximum Gasteiger partial charge on any atom is 0.271 e. The summed E-state index contributed by atoms with van der Waals surface area (Å²) in [6.45, 7) is 1.98. The lowest BCUT2D eigenvalue weighted by atomic mass is 10.3. The highest BCUT2D eigenvalue weighted by atomic mass is 35.5. The first-order valence-electron chi connectivity index (χ1n) is 7.38. The molecule has 2 aromatic rings. The minimum atomic E-state index is -0.545. The number of halogens is 1. The zero-order chi connectivity index (χ0) is 19.3. The van der Waals surface area contributed by atoms with Crippen molar-refractivity contribution in [3.63, 3.8) is 0 Å². The van der Waals surface area contributed by atoms with E-state index in [-0.39, 0.29) is 29.6 Å². The van der Waals surface area contributed by atoms with E-state index in [0.29, 0.717) is 22.9 Å². The number of hydrogen-bond acceptors (Lipinski definition) is 9. The van der Waals surface area contributed by atoms with Crippen LogP contribution in [0.1, 0.15) is 11.4 Å². The molecule has 0 aliphatic heterocycles. The number of nitrogens with zero attached hydrogens (tertiary/aromatic N) is 4. The van der Waals surface area contributed by atoms with E-state index in [1.165, 1.54) is 29.4 Å². The lowest BCUT2D eigenvalue weighted by Gasteiger charge is -2.16. The Balaban J connectivity index is 1.96. The molecule has 2 rings (SSSR count). The van der Waals surface area contributed by atoms with E-state index >= 15 is 0 Å². The average Bonchev–Trinajstić information content (AvgIpc) is 2.56. The molecule has 0 saturated heterocycles. The van der Waals surface area contributed by atoms with Crippen molar-refractivity contribution < 1.29 is 9.66 Å². The van der Waals surface area contributed by atoms with Gasteiger partial charge in [0.2, 0.25) is 0 Å². The molecule has 0 spiro atoms. The highest BCUT2D eigenvalue weighted by molar-refractivity contribution is 6.32. The Hall–Kier alpha value is -3.11. The maximum absolute atomic E-state index is 10.7. The molecule has 11 heteroatoms. The summed E-state index contributed by atoms with van der Waals surface area (Å²) >= 11 is 5.95. The van der Waals surface area contributed by atoms with Gasteiger partial charge in [-0.05, 0) is 13.0 Å². The van der Waals surface area contributed by atoms with E-state index in [1.54, 1.807) is 13.1 Å². The number of nitrogen functional groups attached to an aromatic ring is 1. The van der Waals surface area contributed by atoms with Gasteiger partial charge in [0.05, 0.1) is 22.2 Å². The van der Waals surface area contributed by atoms with Crippen LogP contribution >= 0.6 is 11.6 Å². The predicted octanol–water partition coefficient (Wildman–Crippen LogP) is 1.48. The monoisotopic (exact) mass is 379 g/mol. The number of nitro benzene ring substituents is 1. The lowest BCUT2D eigenvalue weighted by Crippen LogP contribution is -2.27. The van der Waals surface area contributed by atoms with Crippen molar-refractivity contribution >= 4 is 23.1 Å². The van der Waals surface area contributed by atoms with Gasteiger partial charge in [-0.3, -0.25) is 10.1 Å². The zero-order valence-electron chi connectivity index (χ0n) is 13.9. The van der Waals surface area contributed by atoms with Crippen LogP contribution in [-0.2, 0) is 6.54 Å². The molecule has 0 bridgehead atoms. The van der Waals surface area contributed by atoms with Crippen LogP contribution in [0.2, 0.25) is 5.02 Å². The van der Waals surface area contributed by atoms with Crippen molar-refractivity contribution in [1.29, 1.82) is 0 Å². The molecule has 0 amide bonds. The summed E-state index contributed by atoms with van der Waals surface area (Å²) in [7, 11) is 0. The van der Waals surface area contributed by atoms with Crippen LogP contribution in [0.5, 0.6) is 5.75 Å². The molecule has 1 heterocycles. The van der Waals surface area contributed by atoms with Crippen LogP contribution in [0.15, 0.2) is 36.3 Å². The number of aryl methyl sites for hydroxylation is 1. The molecule has 1 aromatic carbocycles. The van der Waals surface area contributed by atoms with Crippen LogP contribution < -0.4 is 22.0 Å². The minimum absolute atomic E-state index is 0.00882. The predicted molar refractivity (Wildman–Crippen MR) is 96.8 cm³/mol. The fourth-order valence-electron chi connectivity index (χ4n) is 2.01. The van der Waals surface area contributed by atoms with Crippen LogP contribution in [-0.4, -0.2) is 26.5 Å². The highest BCUT2D eigenvalue weighted by Gasteiger charge is 2.11. The van der Waals surface area contributed by atoms with Gasteiger partial charge in [-0.25, -0.2) is 15.8 Å². The molecule has 0 aliphatic rings. The molecule has 0 unspecified atom stereocenters. The molecule has 0 fully saturated rings. The second-order valence-electron chi connectivity index (χ2n) is 5.36. The van der Waals surface area contributed by atoms with E-state index in [2.05, 4.69) is 9.97 Å². The number of hydrogen-bond donors (Lipinski definition) is 3. The summed E-state index contributed by atoms with van der Waals surface area (Å²) in [6, 6.07) is 3.89. The van der Waals surface area contributed by atoms with Crippen molar-refractivity contribution in [3.05, 3.63) is 62.8 Å². The fraction of sp³-hybridized carbons (Fsp3) is 0.200. The number of non-ortho nitro benzene ring substituents is 1. The number of benzene rings is 1. The van der Waals surface area contributed by atoms with E-state index in [4.69, 9.17) is 33.6 Å². The van der Waals surface area contributed by atoms with Gasteiger partial charge in [0.15, 0.2) is 0 Å². The molecular weight excluding hydrogens is 362 g/mol. The Bertz CT molecular complexity index is 844. The first kappa shape index (κ1) is 19.2. The largest absolute Gasteiger partial charge is 0.486 e. The van der Waals surface area contributed by atoms with E-state index in [1.807, 2.05) is 0 Å². The number of anilines is 1. The minimum Gasteiger partial charge on any atom is -0.486 e. The van der Waals surface area contributed by atoms with Gasteiger partial charge >= 0.3 is 0 Å². The number of ether oxygens (including phenoxy) is 1. The van der Waals surface area contributed by atoms with Crippen LogP contribution in [0.3, 0.4) is 0 Å². The standard InChI is InChI=1S/C15H18ClN7O3/c1-9-20-5-10(15(18)21-9)6-22(19)7-11(17)8-26-14-3-2-12(23(24)25)4-13(14)16/h2-5,7H,6,8,17,19H2,1H3,(H2,18,20,21)/b11-7-. The summed E-state index contributed by atoms with van der Waals surface area (Å²) in [5.41, 5.74) is 12.5. The fourth-order valence-corrected chi connectivity index (χ4v) is 2.24. The third-order valence-electron chi connectivity index (χ3n) is 3.22. The Labute approximate surface area is 154 Å². The molecule has 26 heavy (non-hydrogen) atoms. The number of aromatic nitrogens is 2. The second kappa shape index (κ2) is 8.32. The third-order valence-corrected chi connectivity index (χ3v) is 3.52. The van der Waals surface area contributed by atoms with Gasteiger partial charge < -0.3 is 21.2 Å². The summed E-state index contributed by atoms with van der Waals surface area (Å²) in [5, 5.41) is 12.1. The van der Waals surface area contributed by atoms with E-state index in [9.17, 15) is 10.1 Å². The first-order chi connectivity index (χ1) is 12.3. The third kappa shape index (κ3) is 5.19. The molecule has 0 radical (unpaired) electrons. The molecule has 10 nitrogen and oxygen atoms in total. The summed E-state index contributed by atoms with van der Waals surface area (Å²) in [5.74, 6) is 7.06. The van der Waals surface area contributed by atoms with Crippen molar-refractivity contribution in [2.24, 2.45) is 11.6 Å². The molecule has 0 saturated carbocycles. The molecule has 1 aromatic heterocycles. The van der Waals surface area contributed by atoms with Crippen LogP contribution in [0, 0.1) is 17.0 Å². The number of nitrogens with two attached hydrogens (primary N) is 3. The van der Waals surface area contributed by atoms with Crippen molar-refractivity contribution in [1.82, 2.24) is 15.0 Å². The second-order valence-corrected chi connectivity index (χ2v) is 5.77. The molecule has 0 atom stereocenters. The highest BCUT2D eigenvalue weighted by Crippen LogP contribution is 2.28. The van der Waals surface area contributed by atoms with Gasteiger partial charge in [0, 0.05) is 30.1 Å². The molecular formula is C15H18ClN7O3. The average molecular weight is 380 g/mol. The summed E-state index contributed by atoms with van der Waals surface area (Å²) in [6.07, 6.45) is 3.06. The molecule has 6 N–H and O–H groups in total. The quantitative estimate of drug-likeness (QED) is 0.367. The van der Waals surface area contributed by atoms with Crippen molar-refractivity contribution in [2.75, 3.05) is 12.3 Å². The number of hydrazine groups is 1. The number of nitro groups is 1. The number of rotatable bonds is 7. The zero-order valence-corrected chi connectivity index (χ0v) is 14.7. The SMILES string of the molecule is Cc1ncc(CN(N)/C=C(\N)COc2ccc([N+](=O)[O-])cc2Cl)c(N)n1. The van der Waals surface area contributed by atoms with Gasteiger partial charge in [0.1, 0.15) is 24.0 Å². The Morgan fingerprint density at radius 2 is 2.23 bits per heavy atom. The normalized spacial score (nSPS) is 11.3. The van der Waals surface area contributed by atoms with Crippen molar-refractivity contribution in [3.8, 4) is 5.75 Å². The van der Waals surface area contributed by atoms with E-state index in [0.717, 1.165) is 0 Å². The van der Waals surface area contributed by atoms with Gasteiger partial charge in [0.25, 0.3) is 5.69 Å². The Morgan fingerprint density at radius 3 is 2.85 bits per heavy atom. The molecule has 0 aliphatic carbocycles. The lowest BCUT2D eigenvalue weighted by molar-refractivity contribution is -0.384. The topological polar surface area (TPSA) is 159 Å². The smallest absolute Gasteiger partial charge is 0.271 e. The summed E-state index contributed by atoms with van der Waals surface area (Å²) in [4.78, 5) is 18.3.